The quantitative estimate of drug-likeness (QED) is 0.892. The largest absolute Gasteiger partial charge is 0.301 e. The molecular weight excluding hydrogens is 240 g/mol. The fourth-order valence-corrected chi connectivity index (χ4v) is 2.81. The van der Waals surface area contributed by atoms with Gasteiger partial charge >= 0.3 is 0 Å². The van der Waals surface area contributed by atoms with Crippen LogP contribution in [0.25, 0.3) is 5.65 Å². The number of aromatic amines is 1. The van der Waals surface area contributed by atoms with E-state index in [1.54, 1.807) is 12.1 Å². The van der Waals surface area contributed by atoms with Crippen molar-refractivity contribution in [2.75, 3.05) is 13.1 Å². The van der Waals surface area contributed by atoms with Gasteiger partial charge in [-0.2, -0.15) is 0 Å². The van der Waals surface area contributed by atoms with Crippen molar-refractivity contribution in [3.05, 3.63) is 34.4 Å². The molecule has 0 unspecified atom stereocenters. The minimum Gasteiger partial charge on any atom is -0.301 e. The maximum absolute atomic E-state index is 11.7. The van der Waals surface area contributed by atoms with Crippen LogP contribution >= 0.6 is 0 Å². The summed E-state index contributed by atoms with van der Waals surface area (Å²) in [6.07, 6.45) is 2.21. The molecule has 19 heavy (non-hydrogen) atoms. The molecule has 0 atom stereocenters. The summed E-state index contributed by atoms with van der Waals surface area (Å²) in [6.45, 7) is 6.69. The van der Waals surface area contributed by atoms with Gasteiger partial charge in [-0.05, 0) is 45.8 Å². The molecule has 0 radical (unpaired) electrons. The van der Waals surface area contributed by atoms with Crippen molar-refractivity contribution in [1.29, 1.82) is 0 Å². The van der Waals surface area contributed by atoms with Gasteiger partial charge in [0.2, 0.25) is 0 Å². The number of pyridine rings is 1. The highest BCUT2D eigenvalue weighted by Gasteiger charge is 2.24. The number of nitrogens with zero attached hydrogens (tertiary/aromatic N) is 3. The van der Waals surface area contributed by atoms with Gasteiger partial charge < -0.3 is 4.90 Å². The summed E-state index contributed by atoms with van der Waals surface area (Å²) in [7, 11) is 0. The number of fused-ring (bicyclic) bond motifs is 1. The van der Waals surface area contributed by atoms with Crippen LogP contribution in [0.5, 0.6) is 0 Å². The molecule has 1 fully saturated rings. The Morgan fingerprint density at radius 1 is 1.32 bits per heavy atom. The van der Waals surface area contributed by atoms with Gasteiger partial charge in [0, 0.05) is 18.0 Å². The van der Waals surface area contributed by atoms with Gasteiger partial charge in [0.05, 0.1) is 0 Å². The van der Waals surface area contributed by atoms with E-state index in [0.717, 1.165) is 31.8 Å². The lowest BCUT2D eigenvalue weighted by Crippen LogP contribution is -2.38. The van der Waals surface area contributed by atoms with E-state index in [4.69, 9.17) is 0 Å². The van der Waals surface area contributed by atoms with Gasteiger partial charge in [0.15, 0.2) is 5.65 Å². The molecule has 1 N–H and O–H groups in total. The predicted molar refractivity (Wildman–Crippen MR) is 74.5 cm³/mol. The highest BCUT2D eigenvalue weighted by atomic mass is 16.1. The fourth-order valence-electron chi connectivity index (χ4n) is 2.81. The molecule has 3 heterocycles. The topological polar surface area (TPSA) is 53.4 Å². The minimum absolute atomic E-state index is 0.0455. The van der Waals surface area contributed by atoms with Crippen molar-refractivity contribution in [1.82, 2.24) is 19.5 Å². The average Bonchev–Trinajstić information content (AvgIpc) is 2.84. The van der Waals surface area contributed by atoms with Crippen LogP contribution < -0.4 is 5.56 Å². The summed E-state index contributed by atoms with van der Waals surface area (Å²) in [5.41, 5.74) is 0.671. The third-order valence-electron chi connectivity index (χ3n) is 4.04. The number of likely N-dealkylation sites (tertiary alicyclic amines) is 1. The van der Waals surface area contributed by atoms with E-state index in [9.17, 15) is 4.79 Å². The number of aromatic nitrogens is 3. The zero-order valence-electron chi connectivity index (χ0n) is 11.5. The molecule has 0 amide bonds. The van der Waals surface area contributed by atoms with Crippen molar-refractivity contribution in [3.63, 3.8) is 0 Å². The average molecular weight is 260 g/mol. The first-order valence-electron chi connectivity index (χ1n) is 6.97. The second kappa shape index (κ2) is 4.81. The van der Waals surface area contributed by atoms with Crippen LogP contribution in [0.2, 0.25) is 0 Å². The monoisotopic (exact) mass is 260 g/mol. The Kier molecular flexibility index (Phi) is 3.14. The van der Waals surface area contributed by atoms with Crippen LogP contribution in [0.3, 0.4) is 0 Å². The molecule has 2 aromatic rings. The molecule has 1 aliphatic heterocycles. The lowest BCUT2D eigenvalue weighted by Gasteiger charge is -2.33. The van der Waals surface area contributed by atoms with Crippen molar-refractivity contribution in [2.24, 2.45) is 0 Å². The van der Waals surface area contributed by atoms with Crippen molar-refractivity contribution < 1.29 is 0 Å². The van der Waals surface area contributed by atoms with E-state index in [0.29, 0.717) is 17.6 Å². The van der Waals surface area contributed by atoms with E-state index < -0.39 is 0 Å². The minimum atomic E-state index is -0.0455. The molecule has 3 rings (SSSR count). The van der Waals surface area contributed by atoms with Gasteiger partial charge in [0.1, 0.15) is 5.82 Å². The molecule has 1 saturated heterocycles. The molecular formula is C14H20N4O. The van der Waals surface area contributed by atoms with Crippen LogP contribution in [0.1, 0.15) is 38.4 Å². The van der Waals surface area contributed by atoms with Crippen LogP contribution in [0.15, 0.2) is 23.0 Å². The van der Waals surface area contributed by atoms with Crippen molar-refractivity contribution in [2.45, 2.75) is 38.6 Å². The Bertz CT molecular complexity index is 620. The van der Waals surface area contributed by atoms with Gasteiger partial charge in [-0.25, -0.2) is 9.50 Å². The molecule has 0 aromatic carbocycles. The van der Waals surface area contributed by atoms with E-state index in [1.165, 1.54) is 4.52 Å². The standard InChI is InChI=1S/C14H20N4O/c1-10(2)17-8-6-11(7-9-17)14-15-12-4-3-5-13(19)18(12)16-14/h3-5,10-11H,6-9H2,1-2H3,(H,15,16). The number of nitrogens with one attached hydrogen (secondary N) is 1. The maximum Gasteiger partial charge on any atom is 0.271 e. The number of hydrogen-bond acceptors (Lipinski definition) is 3. The lowest BCUT2D eigenvalue weighted by atomic mass is 9.95. The van der Waals surface area contributed by atoms with Crippen LogP contribution in [-0.4, -0.2) is 38.6 Å². The number of piperidine rings is 1. The summed E-state index contributed by atoms with van der Waals surface area (Å²) in [6, 6.07) is 5.78. The molecule has 2 aromatic heterocycles. The third kappa shape index (κ3) is 2.30. The molecule has 0 aliphatic carbocycles. The summed E-state index contributed by atoms with van der Waals surface area (Å²) in [5, 5.41) is 3.15. The van der Waals surface area contributed by atoms with Gasteiger partial charge in [-0.1, -0.05) is 6.07 Å². The van der Waals surface area contributed by atoms with Crippen LogP contribution in [-0.2, 0) is 0 Å². The molecule has 0 spiro atoms. The second-order valence-electron chi connectivity index (χ2n) is 5.57. The van der Waals surface area contributed by atoms with Crippen LogP contribution in [0, 0.1) is 0 Å². The molecule has 0 saturated carbocycles. The number of H-pyrrole nitrogens is 1. The zero-order valence-corrected chi connectivity index (χ0v) is 11.5. The first-order valence-corrected chi connectivity index (χ1v) is 6.97. The van der Waals surface area contributed by atoms with Gasteiger partial charge in [-0.15, -0.1) is 0 Å². The van der Waals surface area contributed by atoms with E-state index in [-0.39, 0.29) is 5.56 Å². The molecule has 0 bridgehead atoms. The first kappa shape index (κ1) is 12.4. The van der Waals surface area contributed by atoms with Crippen LogP contribution in [0.4, 0.5) is 0 Å². The van der Waals surface area contributed by atoms with E-state index >= 15 is 0 Å². The highest BCUT2D eigenvalue weighted by molar-refractivity contribution is 5.36. The van der Waals surface area contributed by atoms with Gasteiger partial charge in [0.25, 0.3) is 5.56 Å². The fraction of sp³-hybridized carbons (Fsp3) is 0.571. The van der Waals surface area contributed by atoms with Gasteiger partial charge in [-0.3, -0.25) is 9.89 Å². The first-order chi connectivity index (χ1) is 9.15. The molecule has 5 nitrogen and oxygen atoms in total. The Hall–Kier alpha value is -1.62. The molecule has 1 aliphatic rings. The number of rotatable bonds is 2. The second-order valence-corrected chi connectivity index (χ2v) is 5.57. The predicted octanol–water partition coefficient (Wildman–Crippen LogP) is 1.61. The smallest absolute Gasteiger partial charge is 0.271 e. The summed E-state index contributed by atoms with van der Waals surface area (Å²) in [5.74, 6) is 1.39. The summed E-state index contributed by atoms with van der Waals surface area (Å²) >= 11 is 0. The Morgan fingerprint density at radius 2 is 2.05 bits per heavy atom. The molecule has 102 valence electrons. The zero-order chi connectivity index (χ0) is 13.4. The Balaban J connectivity index is 1.82. The van der Waals surface area contributed by atoms with E-state index in [1.807, 2.05) is 6.07 Å². The van der Waals surface area contributed by atoms with Crippen molar-refractivity contribution in [3.8, 4) is 0 Å². The molecule has 5 heteroatoms. The van der Waals surface area contributed by atoms with Crippen molar-refractivity contribution >= 4 is 5.65 Å². The summed E-state index contributed by atoms with van der Waals surface area (Å²) in [4.78, 5) is 18.7. The Labute approximate surface area is 112 Å². The lowest BCUT2D eigenvalue weighted by molar-refractivity contribution is 0.169. The Morgan fingerprint density at radius 3 is 2.68 bits per heavy atom. The summed E-state index contributed by atoms with van der Waals surface area (Å²) < 4.78 is 1.53. The number of hydrogen-bond donors (Lipinski definition) is 1. The SMILES string of the molecule is CC(C)N1CCC(c2nc3cccc(=O)n3[nH]2)CC1. The highest BCUT2D eigenvalue weighted by Crippen LogP contribution is 2.26. The maximum atomic E-state index is 11.7. The normalized spacial score (nSPS) is 18.5. The third-order valence-corrected chi connectivity index (χ3v) is 4.04. The van der Waals surface area contributed by atoms with E-state index in [2.05, 4.69) is 28.8 Å².